The third-order valence-electron chi connectivity index (χ3n) is 1.05. The highest BCUT2D eigenvalue weighted by Crippen LogP contribution is 2.18. The first-order chi connectivity index (χ1) is 5.09. The Bertz CT molecular complexity index is 242. The van der Waals surface area contributed by atoms with Gasteiger partial charge in [-0.05, 0) is 0 Å². The maximum Gasteiger partial charge on any atom is 0.280 e. The van der Waals surface area contributed by atoms with Crippen LogP contribution >= 0.6 is 0 Å². The van der Waals surface area contributed by atoms with Crippen LogP contribution < -0.4 is 5.73 Å². The Labute approximate surface area is 60.9 Å². The highest BCUT2D eigenvalue weighted by molar-refractivity contribution is 5.30. The number of pyridine rings is 1. The molecule has 1 aromatic heterocycles. The zero-order valence-electron chi connectivity index (χ0n) is 5.39. The highest BCUT2D eigenvalue weighted by atomic mass is 19.3. The predicted molar refractivity (Wildman–Crippen MR) is 33.6 cm³/mol. The molecule has 0 atom stereocenters. The van der Waals surface area contributed by atoms with E-state index in [1.165, 1.54) is 0 Å². The molecule has 0 saturated carbocycles. The van der Waals surface area contributed by atoms with Gasteiger partial charge in [-0.3, -0.25) is 0 Å². The molecule has 60 valence electrons. The lowest BCUT2D eigenvalue weighted by molar-refractivity contribution is 0.145. The van der Waals surface area contributed by atoms with E-state index in [1.807, 2.05) is 0 Å². The maximum absolute atomic E-state index is 12.3. The van der Waals surface area contributed by atoms with Gasteiger partial charge in [-0.15, -0.1) is 0 Å². The van der Waals surface area contributed by atoms with Crippen molar-refractivity contribution in [3.05, 3.63) is 23.6 Å². The summed E-state index contributed by atoms with van der Waals surface area (Å²) in [7, 11) is 0. The van der Waals surface area contributed by atoms with Gasteiger partial charge in [-0.25, -0.2) is 18.2 Å². The molecule has 1 heterocycles. The Balaban J connectivity index is 3.08. The van der Waals surface area contributed by atoms with E-state index < -0.39 is 17.9 Å². The van der Waals surface area contributed by atoms with E-state index in [2.05, 4.69) is 4.98 Å². The fourth-order valence-corrected chi connectivity index (χ4v) is 0.650. The summed E-state index contributed by atoms with van der Waals surface area (Å²) < 4.78 is 36.0. The molecular formula is C6H5F3N2. The van der Waals surface area contributed by atoms with Crippen molar-refractivity contribution in [2.24, 2.45) is 0 Å². The number of rotatable bonds is 1. The summed E-state index contributed by atoms with van der Waals surface area (Å²) in [6.07, 6.45) is -2.78. The third-order valence-corrected chi connectivity index (χ3v) is 1.05. The number of alkyl halides is 2. The van der Waals surface area contributed by atoms with E-state index in [0.717, 1.165) is 6.07 Å². The smallest absolute Gasteiger partial charge is 0.280 e. The molecule has 0 aromatic carbocycles. The van der Waals surface area contributed by atoms with Crippen molar-refractivity contribution >= 4 is 5.82 Å². The minimum absolute atomic E-state index is 0.236. The van der Waals surface area contributed by atoms with E-state index in [9.17, 15) is 13.2 Å². The molecule has 0 spiro atoms. The molecule has 0 unspecified atom stereocenters. The van der Waals surface area contributed by atoms with Crippen LogP contribution in [-0.4, -0.2) is 4.98 Å². The first-order valence-corrected chi connectivity index (χ1v) is 2.80. The molecule has 1 rings (SSSR count). The molecule has 5 heteroatoms. The molecule has 0 aliphatic carbocycles. The Kier molecular flexibility index (Phi) is 1.98. The molecule has 2 nitrogen and oxygen atoms in total. The normalized spacial score (nSPS) is 10.5. The van der Waals surface area contributed by atoms with Gasteiger partial charge in [0.2, 0.25) is 0 Å². The van der Waals surface area contributed by atoms with Gasteiger partial charge in [0.15, 0.2) is 0 Å². The fourth-order valence-electron chi connectivity index (χ4n) is 0.650. The molecule has 11 heavy (non-hydrogen) atoms. The summed E-state index contributed by atoms with van der Waals surface area (Å²) in [5, 5.41) is 0. The van der Waals surface area contributed by atoms with Crippen molar-refractivity contribution in [3.8, 4) is 0 Å². The summed E-state index contributed by atoms with van der Waals surface area (Å²) in [6.45, 7) is 0. The third kappa shape index (κ3) is 1.83. The summed E-state index contributed by atoms with van der Waals surface area (Å²) in [6, 6.07) is 1.53. The second kappa shape index (κ2) is 2.77. The van der Waals surface area contributed by atoms with E-state index in [4.69, 9.17) is 5.73 Å². The summed E-state index contributed by atoms with van der Waals surface area (Å²) in [4.78, 5) is 3.22. The SMILES string of the molecule is Nc1cc(F)cc(C(F)F)n1. The summed E-state index contributed by atoms with van der Waals surface area (Å²) in [5.74, 6) is -1.03. The standard InChI is InChI=1S/C6H5F3N2/c7-3-1-4(6(8)9)11-5(10)2-3/h1-2,6H,(H2,10,11). The fraction of sp³-hybridized carbons (Fsp3) is 0.167. The van der Waals surface area contributed by atoms with Crippen LogP contribution in [0, 0.1) is 5.82 Å². The van der Waals surface area contributed by atoms with Crippen LogP contribution in [0.5, 0.6) is 0 Å². The minimum Gasteiger partial charge on any atom is -0.384 e. The van der Waals surface area contributed by atoms with Crippen LogP contribution in [0.15, 0.2) is 12.1 Å². The number of nitrogens with two attached hydrogens (primary N) is 1. The number of anilines is 1. The number of nitrogens with zero attached hydrogens (tertiary/aromatic N) is 1. The second-order valence-electron chi connectivity index (χ2n) is 1.94. The van der Waals surface area contributed by atoms with Crippen molar-refractivity contribution in [2.75, 3.05) is 5.73 Å². The molecule has 2 N–H and O–H groups in total. The Hall–Kier alpha value is -1.26. The van der Waals surface area contributed by atoms with Crippen molar-refractivity contribution < 1.29 is 13.2 Å². The molecule has 0 aliphatic heterocycles. The molecule has 0 amide bonds. The van der Waals surface area contributed by atoms with Crippen molar-refractivity contribution in [3.63, 3.8) is 0 Å². The van der Waals surface area contributed by atoms with Gasteiger partial charge < -0.3 is 5.73 Å². The molecule has 1 aromatic rings. The largest absolute Gasteiger partial charge is 0.384 e. The Morgan fingerprint density at radius 2 is 2.00 bits per heavy atom. The van der Waals surface area contributed by atoms with Gasteiger partial charge >= 0.3 is 0 Å². The minimum atomic E-state index is -2.78. The van der Waals surface area contributed by atoms with Gasteiger partial charge in [0, 0.05) is 12.1 Å². The van der Waals surface area contributed by atoms with Crippen LogP contribution in [-0.2, 0) is 0 Å². The monoisotopic (exact) mass is 162 g/mol. The molecule has 0 fully saturated rings. The van der Waals surface area contributed by atoms with Crippen LogP contribution in [0.4, 0.5) is 19.0 Å². The van der Waals surface area contributed by atoms with E-state index in [-0.39, 0.29) is 5.82 Å². The van der Waals surface area contributed by atoms with Crippen LogP contribution in [0.3, 0.4) is 0 Å². The lowest BCUT2D eigenvalue weighted by Gasteiger charge is -1.99. The van der Waals surface area contributed by atoms with Crippen molar-refractivity contribution in [2.45, 2.75) is 6.43 Å². The number of nitrogen functional groups attached to an aromatic ring is 1. The van der Waals surface area contributed by atoms with E-state index >= 15 is 0 Å². The molecular weight excluding hydrogens is 157 g/mol. The Morgan fingerprint density at radius 3 is 2.45 bits per heavy atom. The first-order valence-electron chi connectivity index (χ1n) is 2.80. The predicted octanol–water partition coefficient (Wildman–Crippen LogP) is 1.74. The van der Waals surface area contributed by atoms with Crippen molar-refractivity contribution in [1.29, 1.82) is 0 Å². The lowest BCUT2D eigenvalue weighted by atomic mass is 10.3. The maximum atomic E-state index is 12.3. The average Bonchev–Trinajstić information content (AvgIpc) is 1.85. The van der Waals surface area contributed by atoms with Gasteiger partial charge in [0.05, 0.1) is 0 Å². The number of hydrogen-bond donors (Lipinski definition) is 1. The number of hydrogen-bond acceptors (Lipinski definition) is 2. The Morgan fingerprint density at radius 1 is 1.36 bits per heavy atom. The molecule has 0 saturated heterocycles. The van der Waals surface area contributed by atoms with Crippen LogP contribution in [0.1, 0.15) is 12.1 Å². The van der Waals surface area contributed by atoms with Crippen LogP contribution in [0.2, 0.25) is 0 Å². The van der Waals surface area contributed by atoms with Gasteiger partial charge in [-0.1, -0.05) is 0 Å². The van der Waals surface area contributed by atoms with Gasteiger partial charge in [0.1, 0.15) is 17.3 Å². The zero-order chi connectivity index (χ0) is 8.43. The van der Waals surface area contributed by atoms with Crippen molar-refractivity contribution in [1.82, 2.24) is 4.98 Å². The van der Waals surface area contributed by atoms with Crippen LogP contribution in [0.25, 0.3) is 0 Å². The highest BCUT2D eigenvalue weighted by Gasteiger charge is 2.10. The lowest BCUT2D eigenvalue weighted by Crippen LogP contribution is -1.97. The summed E-state index contributed by atoms with van der Waals surface area (Å²) >= 11 is 0. The second-order valence-corrected chi connectivity index (χ2v) is 1.94. The van der Waals surface area contributed by atoms with Gasteiger partial charge in [0.25, 0.3) is 6.43 Å². The zero-order valence-corrected chi connectivity index (χ0v) is 5.39. The molecule has 0 radical (unpaired) electrons. The number of halogens is 3. The summed E-state index contributed by atoms with van der Waals surface area (Å²) in [5.41, 5.74) is 4.38. The van der Waals surface area contributed by atoms with E-state index in [0.29, 0.717) is 6.07 Å². The molecule has 0 aliphatic rings. The molecule has 0 bridgehead atoms. The van der Waals surface area contributed by atoms with E-state index in [1.54, 1.807) is 0 Å². The number of aromatic nitrogens is 1. The average molecular weight is 162 g/mol. The topological polar surface area (TPSA) is 38.9 Å². The first kappa shape index (κ1) is 7.84. The quantitative estimate of drug-likeness (QED) is 0.683. The van der Waals surface area contributed by atoms with Gasteiger partial charge in [-0.2, -0.15) is 0 Å².